The van der Waals surface area contributed by atoms with Crippen LogP contribution in [0.1, 0.15) is 11.4 Å². The Labute approximate surface area is 141 Å². The van der Waals surface area contributed by atoms with Crippen molar-refractivity contribution in [2.24, 2.45) is 0 Å². The van der Waals surface area contributed by atoms with Crippen molar-refractivity contribution in [2.45, 2.75) is 0 Å². The van der Waals surface area contributed by atoms with Crippen molar-refractivity contribution in [2.75, 3.05) is 5.73 Å². The van der Waals surface area contributed by atoms with E-state index < -0.39 is 0 Å². The molecule has 0 fully saturated rings. The molecule has 114 valence electrons. The summed E-state index contributed by atoms with van der Waals surface area (Å²) in [6.07, 6.45) is 3.64. The van der Waals surface area contributed by atoms with Gasteiger partial charge in [-0.1, -0.05) is 46.3 Å². The van der Waals surface area contributed by atoms with Crippen molar-refractivity contribution < 1.29 is 5.11 Å². The van der Waals surface area contributed by atoms with E-state index in [9.17, 15) is 5.11 Å². The van der Waals surface area contributed by atoms with Crippen molar-refractivity contribution in [3.8, 4) is 17.1 Å². The number of phenols is 1. The van der Waals surface area contributed by atoms with E-state index in [1.54, 1.807) is 30.3 Å². The predicted octanol–water partition coefficient (Wildman–Crippen LogP) is 3.76. The average molecular weight is 369 g/mol. The number of hydrogen-bond acceptors (Lipinski definition) is 5. The van der Waals surface area contributed by atoms with Crippen LogP contribution < -0.4 is 5.73 Å². The number of halogens is 1. The third-order valence-corrected chi connectivity index (χ3v) is 3.64. The molecule has 0 aliphatic rings. The fourth-order valence-electron chi connectivity index (χ4n) is 2.01. The van der Waals surface area contributed by atoms with Crippen LogP contribution in [0.25, 0.3) is 23.5 Å². The number of nitrogens with two attached hydrogens (primary N) is 1. The largest absolute Gasteiger partial charge is 0.507 e. The number of hydrogen-bond donors (Lipinski definition) is 2. The summed E-state index contributed by atoms with van der Waals surface area (Å²) in [5.74, 6) is 0.972. The molecular formula is C17H13BrN4O. The van der Waals surface area contributed by atoms with E-state index >= 15 is 0 Å². The van der Waals surface area contributed by atoms with Gasteiger partial charge in [0.05, 0.1) is 5.56 Å². The molecule has 2 aromatic carbocycles. The molecule has 0 radical (unpaired) electrons. The zero-order chi connectivity index (χ0) is 16.2. The minimum absolute atomic E-state index is 0.0981. The second-order valence-corrected chi connectivity index (χ2v) is 5.69. The highest BCUT2D eigenvalue weighted by atomic mass is 79.9. The molecule has 0 unspecified atom stereocenters. The van der Waals surface area contributed by atoms with Crippen LogP contribution in [-0.2, 0) is 0 Å². The van der Waals surface area contributed by atoms with E-state index in [-0.39, 0.29) is 11.7 Å². The lowest BCUT2D eigenvalue weighted by Gasteiger charge is -2.04. The Morgan fingerprint density at radius 3 is 2.39 bits per heavy atom. The van der Waals surface area contributed by atoms with E-state index in [2.05, 4.69) is 30.9 Å². The molecule has 1 aromatic heterocycles. The lowest BCUT2D eigenvalue weighted by atomic mass is 10.2. The van der Waals surface area contributed by atoms with Gasteiger partial charge in [0, 0.05) is 4.47 Å². The second-order valence-electron chi connectivity index (χ2n) is 4.78. The number of anilines is 1. The molecule has 23 heavy (non-hydrogen) atoms. The maximum atomic E-state index is 9.92. The number of aromatic hydroxyl groups is 1. The summed E-state index contributed by atoms with van der Waals surface area (Å²) in [7, 11) is 0. The standard InChI is InChI=1S/C17H13BrN4O/c18-12-8-5-11(6-9-12)7-10-15-20-16(22-17(19)21-15)13-3-1-2-4-14(13)23/h1-10,23H,(H2,19,20,21,22)/b10-7+. The monoisotopic (exact) mass is 368 g/mol. The second kappa shape index (κ2) is 6.58. The van der Waals surface area contributed by atoms with Crippen molar-refractivity contribution in [1.82, 2.24) is 15.0 Å². The van der Waals surface area contributed by atoms with Gasteiger partial charge in [0.25, 0.3) is 0 Å². The zero-order valence-electron chi connectivity index (χ0n) is 12.0. The summed E-state index contributed by atoms with van der Waals surface area (Å²) < 4.78 is 1.01. The number of nitrogens with zero attached hydrogens (tertiary/aromatic N) is 3. The number of nitrogen functional groups attached to an aromatic ring is 1. The molecule has 0 spiro atoms. The number of phenolic OH excluding ortho intramolecular Hbond substituents is 1. The summed E-state index contributed by atoms with van der Waals surface area (Å²) in [6, 6.07) is 14.7. The Hall–Kier alpha value is -2.73. The molecule has 5 nitrogen and oxygen atoms in total. The van der Waals surface area contributed by atoms with Crippen molar-refractivity contribution in [1.29, 1.82) is 0 Å². The lowest BCUT2D eigenvalue weighted by Crippen LogP contribution is -2.02. The van der Waals surface area contributed by atoms with E-state index in [1.165, 1.54) is 0 Å². The Balaban J connectivity index is 1.95. The minimum Gasteiger partial charge on any atom is -0.507 e. The first-order chi connectivity index (χ1) is 11.1. The molecule has 0 amide bonds. The van der Waals surface area contributed by atoms with Gasteiger partial charge < -0.3 is 10.8 Å². The summed E-state index contributed by atoms with van der Waals surface area (Å²) in [6.45, 7) is 0. The molecule has 0 atom stereocenters. The number of para-hydroxylation sites is 1. The van der Waals surface area contributed by atoms with Crippen LogP contribution >= 0.6 is 15.9 Å². The molecule has 0 saturated heterocycles. The maximum absolute atomic E-state index is 9.92. The Kier molecular flexibility index (Phi) is 4.34. The Morgan fingerprint density at radius 1 is 0.913 bits per heavy atom. The SMILES string of the molecule is Nc1nc(/C=C/c2ccc(Br)cc2)nc(-c2ccccc2O)n1. The van der Waals surface area contributed by atoms with Crippen LogP contribution in [0.4, 0.5) is 5.95 Å². The van der Waals surface area contributed by atoms with Gasteiger partial charge in [0.15, 0.2) is 11.6 Å². The third kappa shape index (κ3) is 3.73. The smallest absolute Gasteiger partial charge is 0.224 e. The number of benzene rings is 2. The zero-order valence-corrected chi connectivity index (χ0v) is 13.6. The molecule has 3 N–H and O–H groups in total. The van der Waals surface area contributed by atoms with Gasteiger partial charge in [0.2, 0.25) is 5.95 Å². The van der Waals surface area contributed by atoms with Crippen LogP contribution in [0.15, 0.2) is 53.0 Å². The fourth-order valence-corrected chi connectivity index (χ4v) is 2.28. The van der Waals surface area contributed by atoms with Gasteiger partial charge in [-0.25, -0.2) is 4.98 Å². The first-order valence-electron chi connectivity index (χ1n) is 6.85. The van der Waals surface area contributed by atoms with E-state index in [0.29, 0.717) is 17.2 Å². The van der Waals surface area contributed by atoms with Gasteiger partial charge >= 0.3 is 0 Å². The summed E-state index contributed by atoms with van der Waals surface area (Å²) in [4.78, 5) is 12.5. The quantitative estimate of drug-likeness (QED) is 0.734. The average Bonchev–Trinajstić information content (AvgIpc) is 2.54. The van der Waals surface area contributed by atoms with Crippen molar-refractivity contribution in [3.63, 3.8) is 0 Å². The first kappa shape index (κ1) is 15.2. The lowest BCUT2D eigenvalue weighted by molar-refractivity contribution is 0.477. The minimum atomic E-state index is 0.0981. The number of rotatable bonds is 3. The molecule has 1 heterocycles. The highest BCUT2D eigenvalue weighted by Crippen LogP contribution is 2.26. The van der Waals surface area contributed by atoms with Crippen molar-refractivity contribution >= 4 is 34.0 Å². The number of aromatic nitrogens is 3. The summed E-state index contributed by atoms with van der Waals surface area (Å²) >= 11 is 3.40. The maximum Gasteiger partial charge on any atom is 0.224 e. The molecule has 0 saturated carbocycles. The summed E-state index contributed by atoms with van der Waals surface area (Å²) in [5, 5.41) is 9.92. The van der Waals surface area contributed by atoms with Crippen LogP contribution in [-0.4, -0.2) is 20.1 Å². The third-order valence-electron chi connectivity index (χ3n) is 3.11. The van der Waals surface area contributed by atoms with Gasteiger partial charge in [-0.3, -0.25) is 0 Å². The highest BCUT2D eigenvalue weighted by Gasteiger charge is 2.09. The van der Waals surface area contributed by atoms with Gasteiger partial charge in [-0.2, -0.15) is 9.97 Å². The summed E-state index contributed by atoms with van der Waals surface area (Å²) in [5.41, 5.74) is 7.28. The van der Waals surface area contributed by atoms with Crippen LogP contribution in [0.2, 0.25) is 0 Å². The normalized spacial score (nSPS) is 11.0. The van der Waals surface area contributed by atoms with Crippen molar-refractivity contribution in [3.05, 3.63) is 64.4 Å². The van der Waals surface area contributed by atoms with Gasteiger partial charge in [-0.15, -0.1) is 0 Å². The van der Waals surface area contributed by atoms with Crippen LogP contribution in [0, 0.1) is 0 Å². The van der Waals surface area contributed by atoms with Crippen LogP contribution in [0.3, 0.4) is 0 Å². The van der Waals surface area contributed by atoms with Gasteiger partial charge in [-0.05, 0) is 35.9 Å². The molecule has 3 aromatic rings. The molecule has 6 heteroatoms. The van der Waals surface area contributed by atoms with Gasteiger partial charge in [0.1, 0.15) is 5.75 Å². The predicted molar refractivity (Wildman–Crippen MR) is 94.4 cm³/mol. The molecular weight excluding hydrogens is 356 g/mol. The fraction of sp³-hybridized carbons (Fsp3) is 0. The highest BCUT2D eigenvalue weighted by molar-refractivity contribution is 9.10. The van der Waals surface area contributed by atoms with Crippen LogP contribution in [0.5, 0.6) is 5.75 Å². The van der Waals surface area contributed by atoms with E-state index in [1.807, 2.05) is 30.3 Å². The van der Waals surface area contributed by atoms with E-state index in [0.717, 1.165) is 10.0 Å². The molecule has 0 aliphatic heterocycles. The first-order valence-corrected chi connectivity index (χ1v) is 7.65. The Morgan fingerprint density at radius 2 is 1.65 bits per heavy atom. The topological polar surface area (TPSA) is 84.9 Å². The molecule has 0 bridgehead atoms. The molecule has 3 rings (SSSR count). The van der Waals surface area contributed by atoms with E-state index in [4.69, 9.17) is 5.73 Å². The molecule has 0 aliphatic carbocycles. The Bertz CT molecular complexity index is 863.